The quantitative estimate of drug-likeness (QED) is 0.161. The van der Waals surface area contributed by atoms with E-state index < -0.39 is 0 Å². The third kappa shape index (κ3) is 5.38. The van der Waals surface area contributed by atoms with E-state index in [-0.39, 0.29) is 12.3 Å². The van der Waals surface area contributed by atoms with Gasteiger partial charge in [-0.3, -0.25) is 0 Å². The van der Waals surface area contributed by atoms with Crippen molar-refractivity contribution >= 4 is 84.5 Å². The van der Waals surface area contributed by atoms with Crippen LogP contribution in [-0.4, -0.2) is 11.3 Å². The highest BCUT2D eigenvalue weighted by Gasteiger charge is 2.43. The monoisotopic (exact) mass is 781 g/mol. The van der Waals surface area contributed by atoms with Crippen LogP contribution in [-0.2, 0) is 5.41 Å². The molecule has 0 N–H and O–H groups in total. The third-order valence-electron chi connectivity index (χ3n) is 13.1. The standard InChI is InChI=1S/C57H44BN3/c1-37-33-48-45-25-16-26-46-54-44-24-15-14-19-39(44)27-31-51(54)61(56(45)46)58-49-30-29-43(59(41-20-10-6-11-21-41)42-22-12-7-13-23-42)36-52(49)60(53(34-37)55(48)58)50-32-28-40(57(2,3)4)35-47(50)38-17-8-5-9-18-38/h5-36H,1-4H3. The highest BCUT2D eigenvalue weighted by Crippen LogP contribution is 2.50. The van der Waals surface area contributed by atoms with E-state index in [1.54, 1.807) is 0 Å². The molecule has 4 heteroatoms. The first-order chi connectivity index (χ1) is 29.8. The molecule has 290 valence electrons. The van der Waals surface area contributed by atoms with Crippen molar-refractivity contribution < 1.29 is 0 Å². The van der Waals surface area contributed by atoms with Gasteiger partial charge in [0, 0.05) is 61.4 Å². The SMILES string of the molecule is Cc1cc2c3c(c1)N(c1ccc(C(C)(C)C)cc1-c1ccccc1)c1cc(N(c4ccccc4)c4ccccc4)ccc1B3n1c3ccc4ccccc4c3c3cccc-2c31. The van der Waals surface area contributed by atoms with Crippen LogP contribution in [0.1, 0.15) is 31.9 Å². The zero-order valence-corrected chi connectivity index (χ0v) is 34.9. The summed E-state index contributed by atoms with van der Waals surface area (Å²) in [6.07, 6.45) is 0. The van der Waals surface area contributed by atoms with E-state index in [2.05, 4.69) is 236 Å². The summed E-state index contributed by atoms with van der Waals surface area (Å²) in [5, 5.41) is 5.19. The largest absolute Gasteiger partial charge is 0.375 e. The van der Waals surface area contributed by atoms with Gasteiger partial charge >= 0.3 is 6.85 Å². The van der Waals surface area contributed by atoms with Gasteiger partial charge in [0.25, 0.3) is 0 Å². The number of rotatable bonds is 5. The molecule has 0 radical (unpaired) electrons. The molecule has 0 unspecified atom stereocenters. The summed E-state index contributed by atoms with van der Waals surface area (Å²) in [5.74, 6) is 0. The molecule has 0 spiro atoms. The van der Waals surface area contributed by atoms with Gasteiger partial charge < -0.3 is 14.3 Å². The molecule has 3 heterocycles. The number of nitrogens with zero attached hydrogens (tertiary/aromatic N) is 3. The molecule has 2 aliphatic rings. The second-order valence-electron chi connectivity index (χ2n) is 17.8. The summed E-state index contributed by atoms with van der Waals surface area (Å²) in [5.41, 5.74) is 19.7. The van der Waals surface area contributed by atoms with E-state index in [0.29, 0.717) is 0 Å². The Morgan fingerprint density at radius 2 is 1.18 bits per heavy atom. The van der Waals surface area contributed by atoms with Gasteiger partial charge in [0.2, 0.25) is 0 Å². The number of aromatic nitrogens is 1. The number of fused-ring (bicyclic) bond motifs is 9. The minimum atomic E-state index is -0.0575. The Labute approximate surface area is 357 Å². The van der Waals surface area contributed by atoms with Crippen molar-refractivity contribution in [3.05, 3.63) is 205 Å². The molecule has 2 aliphatic heterocycles. The Balaban J connectivity index is 1.21. The Bertz CT molecular complexity index is 3320. The maximum atomic E-state index is 2.68. The fourth-order valence-corrected chi connectivity index (χ4v) is 10.4. The Hall–Kier alpha value is -7.30. The van der Waals surface area contributed by atoms with Crippen molar-refractivity contribution in [2.75, 3.05) is 9.80 Å². The van der Waals surface area contributed by atoms with Crippen LogP contribution in [0.3, 0.4) is 0 Å². The smallest absolute Gasteiger partial charge is 0.333 e. The minimum Gasteiger partial charge on any atom is -0.375 e. The third-order valence-corrected chi connectivity index (χ3v) is 13.1. The molecule has 61 heavy (non-hydrogen) atoms. The summed E-state index contributed by atoms with van der Waals surface area (Å²) >= 11 is 0. The van der Waals surface area contributed by atoms with E-state index in [9.17, 15) is 0 Å². The second kappa shape index (κ2) is 13.4. The summed E-state index contributed by atoms with van der Waals surface area (Å²) in [4.78, 5) is 4.98. The number of benzene rings is 9. The zero-order valence-electron chi connectivity index (χ0n) is 34.9. The highest BCUT2D eigenvalue weighted by atomic mass is 15.2. The van der Waals surface area contributed by atoms with E-state index in [1.165, 1.54) is 93.9 Å². The number of hydrogen-bond acceptors (Lipinski definition) is 2. The molecule has 9 aromatic carbocycles. The molecule has 0 fully saturated rings. The lowest BCUT2D eigenvalue weighted by molar-refractivity contribution is 0.590. The Morgan fingerprint density at radius 1 is 0.492 bits per heavy atom. The molecule has 1 aromatic heterocycles. The van der Waals surface area contributed by atoms with E-state index in [1.807, 2.05) is 0 Å². The van der Waals surface area contributed by atoms with Crippen LogP contribution in [0.4, 0.5) is 34.1 Å². The lowest BCUT2D eigenvalue weighted by Gasteiger charge is -2.42. The van der Waals surface area contributed by atoms with Gasteiger partial charge in [0.15, 0.2) is 0 Å². The van der Waals surface area contributed by atoms with Crippen molar-refractivity contribution in [3.8, 4) is 22.3 Å². The molecular formula is C57H44BN3. The van der Waals surface area contributed by atoms with Crippen LogP contribution < -0.4 is 20.7 Å². The molecule has 0 bridgehead atoms. The van der Waals surface area contributed by atoms with E-state index in [4.69, 9.17) is 0 Å². The Kier molecular flexibility index (Phi) is 7.80. The first-order valence-electron chi connectivity index (χ1n) is 21.5. The summed E-state index contributed by atoms with van der Waals surface area (Å²) in [6, 6.07) is 72.3. The van der Waals surface area contributed by atoms with Crippen molar-refractivity contribution in [3.63, 3.8) is 0 Å². The minimum absolute atomic E-state index is 0.0246. The van der Waals surface area contributed by atoms with Gasteiger partial charge in [-0.05, 0) is 117 Å². The zero-order chi connectivity index (χ0) is 41.0. The lowest BCUT2D eigenvalue weighted by Crippen LogP contribution is -2.56. The number of aryl methyl sites for hydroxylation is 1. The molecule has 0 saturated heterocycles. The average Bonchev–Trinajstić information content (AvgIpc) is 3.63. The predicted octanol–water partition coefficient (Wildman–Crippen LogP) is 14.1. The van der Waals surface area contributed by atoms with Crippen molar-refractivity contribution in [1.29, 1.82) is 0 Å². The van der Waals surface area contributed by atoms with Crippen LogP contribution in [0.2, 0.25) is 0 Å². The fraction of sp³-hybridized carbons (Fsp3) is 0.0877. The summed E-state index contributed by atoms with van der Waals surface area (Å²) in [6.45, 7) is 9.14. The predicted molar refractivity (Wildman–Crippen MR) is 261 cm³/mol. The number of anilines is 6. The van der Waals surface area contributed by atoms with E-state index in [0.717, 1.165) is 17.1 Å². The van der Waals surface area contributed by atoms with E-state index >= 15 is 0 Å². The molecule has 3 nitrogen and oxygen atoms in total. The molecular weight excluding hydrogens is 737 g/mol. The van der Waals surface area contributed by atoms with Crippen molar-refractivity contribution in [1.82, 2.24) is 4.48 Å². The molecule has 0 aliphatic carbocycles. The average molecular weight is 782 g/mol. The number of hydrogen-bond donors (Lipinski definition) is 0. The van der Waals surface area contributed by atoms with Crippen LogP contribution in [0.5, 0.6) is 0 Å². The van der Waals surface area contributed by atoms with Gasteiger partial charge in [-0.15, -0.1) is 0 Å². The molecule has 0 saturated carbocycles. The van der Waals surface area contributed by atoms with Gasteiger partial charge in [0.05, 0.1) is 5.69 Å². The summed E-state index contributed by atoms with van der Waals surface area (Å²) < 4.78 is 2.68. The summed E-state index contributed by atoms with van der Waals surface area (Å²) in [7, 11) is 0. The highest BCUT2D eigenvalue weighted by molar-refractivity contribution is 6.90. The van der Waals surface area contributed by atoms with Crippen LogP contribution in [0.25, 0.3) is 54.8 Å². The molecule has 10 aromatic rings. The van der Waals surface area contributed by atoms with Crippen LogP contribution in [0, 0.1) is 6.92 Å². The van der Waals surface area contributed by atoms with Crippen LogP contribution in [0.15, 0.2) is 194 Å². The van der Waals surface area contributed by atoms with Crippen LogP contribution >= 0.6 is 0 Å². The molecule has 12 rings (SSSR count). The first kappa shape index (κ1) is 35.6. The normalized spacial score (nSPS) is 12.9. The topological polar surface area (TPSA) is 11.4 Å². The van der Waals surface area contributed by atoms with Crippen molar-refractivity contribution in [2.24, 2.45) is 0 Å². The number of para-hydroxylation sites is 3. The van der Waals surface area contributed by atoms with Gasteiger partial charge in [-0.1, -0.05) is 154 Å². The maximum absolute atomic E-state index is 2.68. The van der Waals surface area contributed by atoms with Gasteiger partial charge in [0.1, 0.15) is 0 Å². The maximum Gasteiger partial charge on any atom is 0.333 e. The second-order valence-corrected chi connectivity index (χ2v) is 17.8. The van der Waals surface area contributed by atoms with Gasteiger partial charge in [-0.2, -0.15) is 0 Å². The fourth-order valence-electron chi connectivity index (χ4n) is 10.4. The molecule has 0 amide bonds. The Morgan fingerprint density at radius 3 is 1.92 bits per heavy atom. The van der Waals surface area contributed by atoms with Gasteiger partial charge in [-0.25, -0.2) is 0 Å². The lowest BCUT2D eigenvalue weighted by atomic mass is 9.45. The molecule has 0 atom stereocenters. The first-order valence-corrected chi connectivity index (χ1v) is 21.5. The van der Waals surface area contributed by atoms with Crippen molar-refractivity contribution in [2.45, 2.75) is 33.1 Å².